The zero-order chi connectivity index (χ0) is 27.4. The molecule has 4 nitrogen and oxygen atoms in total. The fraction of sp³-hybridized carbons (Fsp3) is 0.0833. The molecule has 0 saturated heterocycles. The highest BCUT2D eigenvalue weighted by Gasteiger charge is 2.36. The average molecular weight is 515 g/mol. The van der Waals surface area contributed by atoms with Crippen molar-refractivity contribution in [3.63, 3.8) is 0 Å². The van der Waals surface area contributed by atoms with E-state index in [9.17, 15) is 5.26 Å². The van der Waals surface area contributed by atoms with Gasteiger partial charge in [0.15, 0.2) is 5.84 Å². The van der Waals surface area contributed by atoms with Crippen molar-refractivity contribution in [1.29, 1.82) is 10.7 Å². The van der Waals surface area contributed by atoms with Crippen LogP contribution in [-0.4, -0.2) is 16.2 Å². The Balaban J connectivity index is 1.43. The van der Waals surface area contributed by atoms with Gasteiger partial charge in [-0.1, -0.05) is 117 Å². The van der Waals surface area contributed by atoms with Gasteiger partial charge in [-0.2, -0.15) is 5.26 Å². The Hall–Kier alpha value is -5.27. The number of para-hydroxylation sites is 1. The molecule has 1 aliphatic carbocycles. The van der Waals surface area contributed by atoms with E-state index in [4.69, 9.17) is 10.4 Å². The number of aliphatic imine (C=N–C) groups is 1. The van der Waals surface area contributed by atoms with Gasteiger partial charge in [0.2, 0.25) is 5.84 Å². The predicted octanol–water partition coefficient (Wildman–Crippen LogP) is 8.56. The molecule has 5 aromatic carbocycles. The second-order valence-electron chi connectivity index (χ2n) is 10.7. The zero-order valence-electron chi connectivity index (χ0n) is 22.3. The first kappa shape index (κ1) is 23.8. The molecule has 7 rings (SSSR count). The first-order chi connectivity index (χ1) is 19.5. The summed E-state index contributed by atoms with van der Waals surface area (Å²) in [6.45, 7) is 4.44. The molecule has 1 aliphatic rings. The molecule has 40 heavy (non-hydrogen) atoms. The molecule has 0 bridgehead atoms. The summed E-state index contributed by atoms with van der Waals surface area (Å²) in [5.41, 5.74) is 9.07. The van der Waals surface area contributed by atoms with Gasteiger partial charge in [0.1, 0.15) is 6.07 Å². The van der Waals surface area contributed by atoms with Gasteiger partial charge in [-0.05, 0) is 45.5 Å². The summed E-state index contributed by atoms with van der Waals surface area (Å²) >= 11 is 0. The Morgan fingerprint density at radius 1 is 0.725 bits per heavy atom. The van der Waals surface area contributed by atoms with E-state index in [2.05, 4.69) is 80.6 Å². The SMILES string of the molecule is CC1(C)c2ccccc2-c2c(C(=N)/N=C(\C#N)n3c4ccccc4c4ccc(-c5ccccc5)cc43)cccc21. The van der Waals surface area contributed by atoms with Crippen LogP contribution in [0.5, 0.6) is 0 Å². The van der Waals surface area contributed by atoms with Crippen molar-refractivity contribution >= 4 is 33.5 Å². The van der Waals surface area contributed by atoms with E-state index in [0.717, 1.165) is 49.6 Å². The van der Waals surface area contributed by atoms with Crippen molar-refractivity contribution in [2.24, 2.45) is 4.99 Å². The molecule has 1 aromatic heterocycles. The Kier molecular flexibility index (Phi) is 5.30. The minimum Gasteiger partial charge on any atom is -0.285 e. The minimum absolute atomic E-state index is 0.0750. The zero-order valence-corrected chi connectivity index (χ0v) is 22.3. The first-order valence-corrected chi connectivity index (χ1v) is 13.4. The number of amidine groups is 1. The Labute approximate surface area is 233 Å². The summed E-state index contributed by atoms with van der Waals surface area (Å²) in [4.78, 5) is 4.71. The summed E-state index contributed by atoms with van der Waals surface area (Å²) in [5, 5.41) is 21.7. The molecule has 6 aromatic rings. The molecule has 190 valence electrons. The molecule has 0 unspecified atom stereocenters. The molecule has 0 fully saturated rings. The molecule has 0 radical (unpaired) electrons. The van der Waals surface area contributed by atoms with E-state index >= 15 is 0 Å². The lowest BCUT2D eigenvalue weighted by Gasteiger charge is -2.21. The molecule has 0 saturated carbocycles. The van der Waals surface area contributed by atoms with Crippen molar-refractivity contribution in [2.45, 2.75) is 19.3 Å². The summed E-state index contributed by atoms with van der Waals surface area (Å²) < 4.78 is 1.90. The highest BCUT2D eigenvalue weighted by Crippen LogP contribution is 2.49. The summed E-state index contributed by atoms with van der Waals surface area (Å²) in [6.07, 6.45) is 0. The molecule has 4 heteroatoms. The minimum atomic E-state index is -0.176. The molecule has 0 aliphatic heterocycles. The molecule has 0 amide bonds. The van der Waals surface area contributed by atoms with Gasteiger partial charge < -0.3 is 0 Å². The third-order valence-corrected chi connectivity index (χ3v) is 8.17. The normalized spacial score (nSPS) is 13.7. The number of nitrogens with one attached hydrogen (secondary N) is 1. The Morgan fingerprint density at radius 2 is 1.43 bits per heavy atom. The predicted molar refractivity (Wildman–Crippen MR) is 164 cm³/mol. The van der Waals surface area contributed by atoms with E-state index in [-0.39, 0.29) is 17.1 Å². The van der Waals surface area contributed by atoms with Crippen LogP contribution in [0.15, 0.2) is 120 Å². The molecule has 0 spiro atoms. The van der Waals surface area contributed by atoms with Crippen LogP contribution in [-0.2, 0) is 5.41 Å². The topological polar surface area (TPSA) is 64.9 Å². The molecular weight excluding hydrogens is 488 g/mol. The lowest BCUT2D eigenvalue weighted by atomic mass is 9.82. The maximum atomic E-state index is 10.4. The van der Waals surface area contributed by atoms with Crippen LogP contribution >= 0.6 is 0 Å². The quantitative estimate of drug-likeness (QED) is 0.183. The van der Waals surface area contributed by atoms with Crippen LogP contribution in [0.25, 0.3) is 44.1 Å². The van der Waals surface area contributed by atoms with Crippen LogP contribution in [0.3, 0.4) is 0 Å². The van der Waals surface area contributed by atoms with Gasteiger partial charge in [0, 0.05) is 21.8 Å². The van der Waals surface area contributed by atoms with Crippen LogP contribution in [0, 0.1) is 16.7 Å². The Morgan fingerprint density at radius 3 is 2.25 bits per heavy atom. The monoisotopic (exact) mass is 514 g/mol. The smallest absolute Gasteiger partial charge is 0.219 e. The second kappa shape index (κ2) is 8.90. The summed E-state index contributed by atoms with van der Waals surface area (Å²) in [7, 11) is 0. The van der Waals surface area contributed by atoms with Crippen LogP contribution < -0.4 is 0 Å². The maximum absolute atomic E-state index is 10.4. The van der Waals surface area contributed by atoms with Gasteiger partial charge in [-0.3, -0.25) is 9.98 Å². The van der Waals surface area contributed by atoms with Crippen molar-refractivity contribution < 1.29 is 0 Å². The van der Waals surface area contributed by atoms with E-state index in [1.165, 1.54) is 11.1 Å². The van der Waals surface area contributed by atoms with Crippen molar-refractivity contribution in [3.8, 4) is 28.3 Å². The number of nitriles is 1. The lowest BCUT2D eigenvalue weighted by molar-refractivity contribution is 0.660. The van der Waals surface area contributed by atoms with Crippen molar-refractivity contribution in [2.75, 3.05) is 0 Å². The number of aromatic nitrogens is 1. The van der Waals surface area contributed by atoms with Crippen molar-refractivity contribution in [3.05, 3.63) is 132 Å². The van der Waals surface area contributed by atoms with Crippen LogP contribution in [0.1, 0.15) is 30.5 Å². The van der Waals surface area contributed by atoms with E-state index in [1.807, 2.05) is 59.2 Å². The number of hydrogen-bond donors (Lipinski definition) is 1. The van der Waals surface area contributed by atoms with Crippen LogP contribution in [0.2, 0.25) is 0 Å². The first-order valence-electron chi connectivity index (χ1n) is 13.4. The fourth-order valence-electron chi connectivity index (χ4n) is 6.25. The maximum Gasteiger partial charge on any atom is 0.219 e. The standard InChI is InChI=1S/C36H26N4/c1-36(2)29-16-8-6-14-27(29)34-28(15-10-17-30(34)36)35(38)39-33(22-37)40-31-18-9-7-13-25(31)26-20-19-24(21-32(26)40)23-11-4-3-5-12-23/h3-21,38H,1-2H3/b38-35?,39-33+. The third kappa shape index (κ3) is 3.45. The number of nitrogens with zero attached hydrogens (tertiary/aromatic N) is 3. The number of hydrogen-bond acceptors (Lipinski definition) is 2. The van der Waals surface area contributed by atoms with E-state index < -0.39 is 0 Å². The molecule has 1 N–H and O–H groups in total. The molecule has 0 atom stereocenters. The third-order valence-electron chi connectivity index (χ3n) is 8.17. The number of fused-ring (bicyclic) bond motifs is 6. The van der Waals surface area contributed by atoms with E-state index in [0.29, 0.717) is 0 Å². The molecular formula is C36H26N4. The Bertz CT molecular complexity index is 2050. The summed E-state index contributed by atoms with van der Waals surface area (Å²) in [6, 6.07) is 41.4. The van der Waals surface area contributed by atoms with Gasteiger partial charge in [-0.15, -0.1) is 0 Å². The van der Waals surface area contributed by atoms with Crippen molar-refractivity contribution in [1.82, 2.24) is 4.57 Å². The number of rotatable bonds is 2. The lowest BCUT2D eigenvalue weighted by Crippen LogP contribution is -2.15. The highest BCUT2D eigenvalue weighted by atomic mass is 15.1. The van der Waals surface area contributed by atoms with Gasteiger partial charge in [0.25, 0.3) is 0 Å². The van der Waals surface area contributed by atoms with E-state index in [1.54, 1.807) is 0 Å². The van der Waals surface area contributed by atoms with Gasteiger partial charge >= 0.3 is 0 Å². The van der Waals surface area contributed by atoms with Crippen LogP contribution in [0.4, 0.5) is 0 Å². The van der Waals surface area contributed by atoms with Gasteiger partial charge in [0.05, 0.1) is 11.0 Å². The van der Waals surface area contributed by atoms with Gasteiger partial charge in [-0.25, -0.2) is 4.99 Å². The highest BCUT2D eigenvalue weighted by molar-refractivity contribution is 6.21. The largest absolute Gasteiger partial charge is 0.285 e. The average Bonchev–Trinajstić information content (AvgIpc) is 3.45. The molecule has 1 heterocycles. The fourth-order valence-corrected chi connectivity index (χ4v) is 6.25. The second-order valence-corrected chi connectivity index (χ2v) is 10.7. The number of benzene rings is 5. The summed E-state index contributed by atoms with van der Waals surface area (Å²) in [5.74, 6) is 0.246.